The lowest BCUT2D eigenvalue weighted by Crippen LogP contribution is -2.22. The Labute approximate surface area is 169 Å². The molecule has 29 heavy (non-hydrogen) atoms. The maximum Gasteiger partial charge on any atom is 0.316 e. The van der Waals surface area contributed by atoms with Crippen LogP contribution in [0.25, 0.3) is 22.8 Å². The van der Waals surface area contributed by atoms with Crippen LogP contribution in [0, 0.1) is 0 Å². The van der Waals surface area contributed by atoms with Crippen molar-refractivity contribution in [2.24, 2.45) is 0 Å². The highest BCUT2D eigenvalue weighted by Crippen LogP contribution is 2.25. The zero-order valence-electron chi connectivity index (χ0n) is 16.6. The number of nitrogens with zero attached hydrogens (tertiary/aromatic N) is 5. The molecule has 0 radical (unpaired) electrons. The van der Waals surface area contributed by atoms with Crippen LogP contribution in [0.5, 0.6) is 0 Å². The summed E-state index contributed by atoms with van der Waals surface area (Å²) in [4.78, 5) is 22.4. The van der Waals surface area contributed by atoms with E-state index >= 15 is 0 Å². The van der Waals surface area contributed by atoms with Gasteiger partial charge in [-0.3, -0.25) is 9.78 Å². The van der Waals surface area contributed by atoms with Crippen LogP contribution in [0.15, 0.2) is 41.1 Å². The number of rotatable bonds is 5. The van der Waals surface area contributed by atoms with Crippen LogP contribution in [0.2, 0.25) is 0 Å². The molecule has 2 heterocycles. The molecule has 1 fully saturated rings. The van der Waals surface area contributed by atoms with Crippen molar-refractivity contribution >= 4 is 11.9 Å². The van der Waals surface area contributed by atoms with Gasteiger partial charge in [0.1, 0.15) is 5.69 Å². The smallest absolute Gasteiger partial charge is 0.316 e. The summed E-state index contributed by atoms with van der Waals surface area (Å²) < 4.78 is 5.75. The Hall–Kier alpha value is -3.29. The number of anilines is 1. The highest BCUT2D eigenvalue weighted by atomic mass is 16.4. The summed E-state index contributed by atoms with van der Waals surface area (Å²) in [5, 5.41) is 11.5. The van der Waals surface area contributed by atoms with E-state index in [0.29, 0.717) is 34.9 Å². The first-order chi connectivity index (χ1) is 14.1. The van der Waals surface area contributed by atoms with E-state index < -0.39 is 0 Å². The second kappa shape index (κ2) is 8.38. The van der Waals surface area contributed by atoms with Crippen molar-refractivity contribution in [3.05, 3.63) is 42.2 Å². The molecule has 1 aromatic carbocycles. The van der Waals surface area contributed by atoms with Crippen LogP contribution in [-0.4, -0.2) is 51.1 Å². The van der Waals surface area contributed by atoms with Gasteiger partial charge < -0.3 is 14.6 Å². The first kappa shape index (κ1) is 19.0. The number of carbonyl (C=O) groups excluding carboxylic acids is 1. The van der Waals surface area contributed by atoms with E-state index in [4.69, 9.17) is 4.42 Å². The van der Waals surface area contributed by atoms with E-state index in [1.807, 2.05) is 12.1 Å². The van der Waals surface area contributed by atoms with Crippen LogP contribution in [0.3, 0.4) is 0 Å². The van der Waals surface area contributed by atoms with E-state index in [1.54, 1.807) is 43.5 Å². The molecule has 1 aliphatic carbocycles. The Bertz CT molecular complexity index is 977. The van der Waals surface area contributed by atoms with Gasteiger partial charge in [0.05, 0.1) is 18.1 Å². The van der Waals surface area contributed by atoms with Gasteiger partial charge in [-0.2, -0.15) is 0 Å². The van der Waals surface area contributed by atoms with E-state index in [2.05, 4.69) is 25.5 Å². The van der Waals surface area contributed by atoms with Crippen LogP contribution in [0.1, 0.15) is 42.5 Å². The van der Waals surface area contributed by atoms with Gasteiger partial charge in [0, 0.05) is 31.3 Å². The predicted molar refractivity (Wildman–Crippen MR) is 109 cm³/mol. The zero-order valence-corrected chi connectivity index (χ0v) is 16.6. The number of aromatic nitrogens is 4. The predicted octanol–water partition coefficient (Wildman–Crippen LogP) is 3.64. The monoisotopic (exact) mass is 392 g/mol. The number of amides is 1. The van der Waals surface area contributed by atoms with Crippen LogP contribution >= 0.6 is 0 Å². The maximum absolute atomic E-state index is 12.0. The van der Waals surface area contributed by atoms with Crippen molar-refractivity contribution < 1.29 is 9.21 Å². The summed E-state index contributed by atoms with van der Waals surface area (Å²) >= 11 is 0. The van der Waals surface area contributed by atoms with E-state index in [1.165, 1.54) is 19.3 Å². The van der Waals surface area contributed by atoms with E-state index in [-0.39, 0.29) is 5.91 Å². The fourth-order valence-electron chi connectivity index (χ4n) is 3.46. The molecule has 0 saturated heterocycles. The quantitative estimate of drug-likeness (QED) is 0.708. The third kappa shape index (κ3) is 4.42. The average molecular weight is 392 g/mol. The van der Waals surface area contributed by atoms with Crippen molar-refractivity contribution in [1.29, 1.82) is 0 Å². The minimum absolute atomic E-state index is 0.0414. The number of hydrogen-bond acceptors (Lipinski definition) is 7. The Morgan fingerprint density at radius 2 is 1.76 bits per heavy atom. The third-order valence-corrected chi connectivity index (χ3v) is 5.05. The standard InChI is InChI=1S/C21H24N6O2/c1-27(2)20(28)15-10-8-14(9-11-15)17-12-22-13-18(24-17)19-25-26-21(29-19)23-16-6-4-3-5-7-16/h8-13,16H,3-7H2,1-2H3,(H,23,26). The average Bonchev–Trinajstić information content (AvgIpc) is 3.22. The molecular formula is C21H24N6O2. The van der Waals surface area contributed by atoms with Crippen molar-refractivity contribution in [1.82, 2.24) is 25.1 Å². The maximum atomic E-state index is 12.0. The Balaban J connectivity index is 1.51. The van der Waals surface area contributed by atoms with Crippen molar-refractivity contribution in [3.8, 4) is 22.8 Å². The molecule has 1 N–H and O–H groups in total. The molecule has 0 aliphatic heterocycles. The topological polar surface area (TPSA) is 97.0 Å². The molecule has 0 unspecified atom stereocenters. The molecule has 8 heteroatoms. The fourth-order valence-corrected chi connectivity index (χ4v) is 3.46. The van der Waals surface area contributed by atoms with E-state index in [9.17, 15) is 4.79 Å². The van der Waals surface area contributed by atoms with Crippen LogP contribution in [-0.2, 0) is 0 Å². The molecule has 1 saturated carbocycles. The Morgan fingerprint density at radius 3 is 2.48 bits per heavy atom. The molecule has 0 spiro atoms. The van der Waals surface area contributed by atoms with Gasteiger partial charge in [0.2, 0.25) is 0 Å². The number of benzene rings is 1. The van der Waals surface area contributed by atoms with Gasteiger partial charge in [-0.25, -0.2) is 4.98 Å². The number of nitrogens with one attached hydrogen (secondary N) is 1. The third-order valence-electron chi connectivity index (χ3n) is 5.05. The van der Waals surface area contributed by atoms with Crippen molar-refractivity contribution in [3.63, 3.8) is 0 Å². The summed E-state index contributed by atoms with van der Waals surface area (Å²) in [6, 6.07) is 8.09. The lowest BCUT2D eigenvalue weighted by molar-refractivity contribution is 0.0827. The van der Waals surface area contributed by atoms with Gasteiger partial charge in [0.25, 0.3) is 11.8 Å². The molecule has 3 aromatic rings. The summed E-state index contributed by atoms with van der Waals surface area (Å²) in [7, 11) is 3.46. The first-order valence-corrected chi connectivity index (χ1v) is 9.85. The summed E-state index contributed by atoms with van der Waals surface area (Å²) in [5.41, 5.74) is 2.67. The minimum atomic E-state index is -0.0414. The van der Waals surface area contributed by atoms with Gasteiger partial charge in [-0.1, -0.05) is 36.5 Å². The number of hydrogen-bond donors (Lipinski definition) is 1. The SMILES string of the molecule is CN(C)C(=O)c1ccc(-c2cncc(-c3nnc(NC4CCCCC4)o3)n2)cc1. The van der Waals surface area contributed by atoms with Gasteiger partial charge in [0.15, 0.2) is 0 Å². The molecule has 1 aliphatic rings. The zero-order chi connectivity index (χ0) is 20.2. The summed E-state index contributed by atoms with van der Waals surface area (Å²) in [6.45, 7) is 0. The van der Waals surface area contributed by atoms with Gasteiger partial charge in [-0.05, 0) is 25.0 Å². The Kier molecular flexibility index (Phi) is 5.50. The van der Waals surface area contributed by atoms with Crippen LogP contribution in [0.4, 0.5) is 6.01 Å². The molecule has 1 amide bonds. The van der Waals surface area contributed by atoms with Crippen molar-refractivity contribution in [2.75, 3.05) is 19.4 Å². The van der Waals surface area contributed by atoms with E-state index in [0.717, 1.165) is 18.4 Å². The molecule has 0 bridgehead atoms. The number of carbonyl (C=O) groups is 1. The first-order valence-electron chi connectivity index (χ1n) is 9.85. The second-order valence-electron chi connectivity index (χ2n) is 7.46. The van der Waals surface area contributed by atoms with Crippen LogP contribution < -0.4 is 5.32 Å². The molecule has 4 rings (SSSR count). The van der Waals surface area contributed by atoms with Crippen molar-refractivity contribution in [2.45, 2.75) is 38.1 Å². The molecular weight excluding hydrogens is 368 g/mol. The highest BCUT2D eigenvalue weighted by molar-refractivity contribution is 5.94. The molecule has 150 valence electrons. The fraction of sp³-hybridized carbons (Fsp3) is 0.381. The normalized spacial score (nSPS) is 14.6. The largest absolute Gasteiger partial charge is 0.402 e. The summed E-state index contributed by atoms with van der Waals surface area (Å²) in [6.07, 6.45) is 9.27. The lowest BCUT2D eigenvalue weighted by atomic mass is 9.96. The highest BCUT2D eigenvalue weighted by Gasteiger charge is 2.17. The molecule has 2 aromatic heterocycles. The minimum Gasteiger partial charge on any atom is -0.402 e. The summed E-state index contributed by atoms with van der Waals surface area (Å²) in [5.74, 6) is 0.289. The lowest BCUT2D eigenvalue weighted by Gasteiger charge is -2.21. The second-order valence-corrected chi connectivity index (χ2v) is 7.46. The van der Waals surface area contributed by atoms with Gasteiger partial charge in [-0.15, -0.1) is 5.10 Å². The van der Waals surface area contributed by atoms with Gasteiger partial charge >= 0.3 is 6.01 Å². The Morgan fingerprint density at radius 1 is 1.03 bits per heavy atom. The molecule has 8 nitrogen and oxygen atoms in total. The molecule has 0 atom stereocenters.